The molecule has 0 fully saturated rings. The van der Waals surface area contributed by atoms with E-state index in [0.29, 0.717) is 6.54 Å². The highest BCUT2D eigenvalue weighted by atomic mass is 16.4. The lowest BCUT2D eigenvalue weighted by Crippen LogP contribution is -2.07. The minimum Gasteiger partial charge on any atom is -0.481 e. The van der Waals surface area contributed by atoms with Crippen molar-refractivity contribution in [2.75, 3.05) is 0 Å². The Morgan fingerprint density at radius 1 is 1.41 bits per heavy atom. The standard InChI is InChI=1S/C12H13N3O2/c1-9-4-2-3-5-10(9)11-8-13-14-15(11)7-6-12(16)17/h2-5,8H,6-7H2,1H3,(H,16,17). The van der Waals surface area contributed by atoms with E-state index in [1.54, 1.807) is 10.9 Å². The lowest BCUT2D eigenvalue weighted by Gasteiger charge is -2.07. The topological polar surface area (TPSA) is 68.0 Å². The molecule has 1 aromatic heterocycles. The van der Waals surface area contributed by atoms with Gasteiger partial charge in [-0.3, -0.25) is 4.79 Å². The first kappa shape index (κ1) is 11.3. The smallest absolute Gasteiger partial charge is 0.305 e. The van der Waals surface area contributed by atoms with Crippen LogP contribution >= 0.6 is 0 Å². The SMILES string of the molecule is Cc1ccccc1-c1cnnn1CCC(=O)O. The Hall–Kier alpha value is -2.17. The number of hydrogen-bond acceptors (Lipinski definition) is 3. The van der Waals surface area contributed by atoms with Gasteiger partial charge in [0.15, 0.2) is 0 Å². The number of rotatable bonds is 4. The van der Waals surface area contributed by atoms with E-state index in [2.05, 4.69) is 10.3 Å². The number of carbonyl (C=O) groups is 1. The molecule has 88 valence electrons. The van der Waals surface area contributed by atoms with E-state index in [1.165, 1.54) is 0 Å². The summed E-state index contributed by atoms with van der Waals surface area (Å²) in [5.74, 6) is -0.837. The van der Waals surface area contributed by atoms with Gasteiger partial charge in [0.25, 0.3) is 0 Å². The molecule has 0 saturated heterocycles. The van der Waals surface area contributed by atoms with Crippen LogP contribution in [-0.4, -0.2) is 26.1 Å². The van der Waals surface area contributed by atoms with Gasteiger partial charge in [-0.25, -0.2) is 4.68 Å². The molecule has 0 aliphatic carbocycles. The second kappa shape index (κ2) is 4.78. The van der Waals surface area contributed by atoms with Crippen LogP contribution in [-0.2, 0) is 11.3 Å². The van der Waals surface area contributed by atoms with Crippen molar-refractivity contribution >= 4 is 5.97 Å². The first-order valence-corrected chi connectivity index (χ1v) is 5.35. The van der Waals surface area contributed by atoms with E-state index < -0.39 is 5.97 Å². The molecule has 0 amide bonds. The van der Waals surface area contributed by atoms with Crippen molar-refractivity contribution in [1.29, 1.82) is 0 Å². The average molecular weight is 231 g/mol. The number of aryl methyl sites for hydroxylation is 2. The van der Waals surface area contributed by atoms with Gasteiger partial charge >= 0.3 is 5.97 Å². The molecule has 0 spiro atoms. The molecule has 5 nitrogen and oxygen atoms in total. The monoisotopic (exact) mass is 231 g/mol. The highest BCUT2D eigenvalue weighted by Crippen LogP contribution is 2.21. The van der Waals surface area contributed by atoms with Gasteiger partial charge in [0.1, 0.15) is 0 Å². The number of hydrogen-bond donors (Lipinski definition) is 1. The normalized spacial score (nSPS) is 10.4. The van der Waals surface area contributed by atoms with Crippen molar-refractivity contribution in [3.63, 3.8) is 0 Å². The Bertz CT molecular complexity index is 534. The van der Waals surface area contributed by atoms with Gasteiger partial charge in [0.2, 0.25) is 0 Å². The summed E-state index contributed by atoms with van der Waals surface area (Å²) in [5, 5.41) is 16.4. The van der Waals surface area contributed by atoms with Crippen LogP contribution in [0.5, 0.6) is 0 Å². The third-order valence-corrected chi connectivity index (χ3v) is 2.58. The fraction of sp³-hybridized carbons (Fsp3) is 0.250. The van der Waals surface area contributed by atoms with Gasteiger partial charge in [0.05, 0.1) is 24.9 Å². The van der Waals surface area contributed by atoms with Crippen LogP contribution in [0.15, 0.2) is 30.5 Å². The molecule has 2 rings (SSSR count). The third kappa shape index (κ3) is 2.50. The summed E-state index contributed by atoms with van der Waals surface area (Å²) in [6, 6.07) is 7.89. The molecular weight excluding hydrogens is 218 g/mol. The summed E-state index contributed by atoms with van der Waals surface area (Å²) in [6.07, 6.45) is 1.70. The number of benzene rings is 1. The zero-order valence-corrected chi connectivity index (χ0v) is 9.50. The molecule has 0 unspecified atom stereocenters. The van der Waals surface area contributed by atoms with Crippen LogP contribution in [0.1, 0.15) is 12.0 Å². The lowest BCUT2D eigenvalue weighted by atomic mass is 10.1. The second-order valence-electron chi connectivity index (χ2n) is 3.80. The molecule has 0 radical (unpaired) electrons. The third-order valence-electron chi connectivity index (χ3n) is 2.58. The van der Waals surface area contributed by atoms with E-state index >= 15 is 0 Å². The van der Waals surface area contributed by atoms with Crippen molar-refractivity contribution in [3.8, 4) is 11.3 Å². The number of carboxylic acids is 1. The molecule has 0 aliphatic rings. The Labute approximate surface area is 98.7 Å². The van der Waals surface area contributed by atoms with Crippen LogP contribution in [0.25, 0.3) is 11.3 Å². The van der Waals surface area contributed by atoms with Crippen molar-refractivity contribution in [1.82, 2.24) is 15.0 Å². The summed E-state index contributed by atoms with van der Waals surface area (Å²) in [7, 11) is 0. The first-order valence-electron chi connectivity index (χ1n) is 5.35. The number of nitrogens with zero attached hydrogens (tertiary/aromatic N) is 3. The van der Waals surface area contributed by atoms with E-state index in [1.807, 2.05) is 31.2 Å². The summed E-state index contributed by atoms with van der Waals surface area (Å²) in [5.41, 5.74) is 3.00. The summed E-state index contributed by atoms with van der Waals surface area (Å²) >= 11 is 0. The van der Waals surface area contributed by atoms with Crippen molar-refractivity contribution < 1.29 is 9.90 Å². The summed E-state index contributed by atoms with van der Waals surface area (Å²) < 4.78 is 1.62. The average Bonchev–Trinajstić information content (AvgIpc) is 2.75. The molecule has 0 bridgehead atoms. The summed E-state index contributed by atoms with van der Waals surface area (Å²) in [4.78, 5) is 10.5. The van der Waals surface area contributed by atoms with Crippen LogP contribution in [0.2, 0.25) is 0 Å². The van der Waals surface area contributed by atoms with Crippen molar-refractivity contribution in [2.24, 2.45) is 0 Å². The fourth-order valence-corrected chi connectivity index (χ4v) is 1.69. The second-order valence-corrected chi connectivity index (χ2v) is 3.80. The van der Waals surface area contributed by atoms with E-state index in [9.17, 15) is 4.79 Å². The first-order chi connectivity index (χ1) is 8.18. The van der Waals surface area contributed by atoms with E-state index in [4.69, 9.17) is 5.11 Å². The molecule has 1 N–H and O–H groups in total. The van der Waals surface area contributed by atoms with Gasteiger partial charge in [0, 0.05) is 5.56 Å². The van der Waals surface area contributed by atoms with Crippen molar-refractivity contribution in [2.45, 2.75) is 19.9 Å². The Morgan fingerprint density at radius 2 is 2.18 bits per heavy atom. The maximum Gasteiger partial charge on any atom is 0.305 e. The van der Waals surface area contributed by atoms with Crippen LogP contribution in [0.4, 0.5) is 0 Å². The van der Waals surface area contributed by atoms with Gasteiger partial charge < -0.3 is 5.11 Å². The highest BCUT2D eigenvalue weighted by molar-refractivity contribution is 5.67. The molecule has 0 saturated carbocycles. The minimum atomic E-state index is -0.837. The van der Waals surface area contributed by atoms with Gasteiger partial charge in [-0.15, -0.1) is 5.10 Å². The zero-order valence-electron chi connectivity index (χ0n) is 9.50. The molecule has 1 aromatic carbocycles. The van der Waals surface area contributed by atoms with E-state index in [0.717, 1.165) is 16.8 Å². The Morgan fingerprint density at radius 3 is 2.88 bits per heavy atom. The molecule has 0 atom stereocenters. The molecule has 1 heterocycles. The fourth-order valence-electron chi connectivity index (χ4n) is 1.69. The zero-order chi connectivity index (χ0) is 12.3. The molecule has 0 aliphatic heterocycles. The van der Waals surface area contributed by atoms with Gasteiger partial charge in [-0.2, -0.15) is 0 Å². The quantitative estimate of drug-likeness (QED) is 0.870. The number of aliphatic carboxylic acids is 1. The van der Waals surface area contributed by atoms with E-state index in [-0.39, 0.29) is 6.42 Å². The predicted octanol–water partition coefficient (Wildman–Crippen LogP) is 1.73. The molecule has 17 heavy (non-hydrogen) atoms. The lowest BCUT2D eigenvalue weighted by molar-refractivity contribution is -0.137. The van der Waals surface area contributed by atoms with Crippen LogP contribution < -0.4 is 0 Å². The molecule has 2 aromatic rings. The predicted molar refractivity (Wildman–Crippen MR) is 62.4 cm³/mol. The highest BCUT2D eigenvalue weighted by Gasteiger charge is 2.09. The molecule has 5 heteroatoms. The Balaban J connectivity index is 2.31. The maximum absolute atomic E-state index is 10.5. The Kier molecular flexibility index (Phi) is 3.18. The van der Waals surface area contributed by atoms with Gasteiger partial charge in [-0.1, -0.05) is 29.5 Å². The van der Waals surface area contributed by atoms with Gasteiger partial charge in [-0.05, 0) is 12.5 Å². The largest absolute Gasteiger partial charge is 0.481 e. The number of carboxylic acid groups (broad SMARTS) is 1. The number of aromatic nitrogens is 3. The minimum absolute atomic E-state index is 0.0439. The van der Waals surface area contributed by atoms with Crippen molar-refractivity contribution in [3.05, 3.63) is 36.0 Å². The van der Waals surface area contributed by atoms with Crippen LogP contribution in [0, 0.1) is 6.92 Å². The summed E-state index contributed by atoms with van der Waals surface area (Å²) in [6.45, 7) is 2.34. The maximum atomic E-state index is 10.5. The molecular formula is C12H13N3O2. The van der Waals surface area contributed by atoms with Crippen LogP contribution in [0.3, 0.4) is 0 Å².